The summed E-state index contributed by atoms with van der Waals surface area (Å²) in [6, 6.07) is -0.518. The van der Waals surface area contributed by atoms with E-state index >= 15 is 0 Å². The third kappa shape index (κ3) is 3.71. The molecule has 1 saturated carbocycles. The molecule has 0 aromatic carbocycles. The first-order valence-corrected chi connectivity index (χ1v) is 6.90. The second-order valence-corrected chi connectivity index (χ2v) is 5.40. The number of terminal acetylenes is 1. The molecule has 104 valence electrons. The smallest absolute Gasteiger partial charge is 0.238 e. The van der Waals surface area contributed by atoms with Crippen LogP contribution in [0.5, 0.6) is 0 Å². The molecular weight excluding hydrogens is 242 g/mol. The number of hydrogen-bond acceptors (Lipinski definition) is 3. The average Bonchev–Trinajstić information content (AvgIpc) is 3.23. The number of nitrogens with two attached hydrogens (primary N) is 1. The average molecular weight is 263 g/mol. The highest BCUT2D eigenvalue weighted by Crippen LogP contribution is 2.31. The molecule has 5 heteroatoms. The summed E-state index contributed by atoms with van der Waals surface area (Å²) in [4.78, 5) is 25.5. The Morgan fingerprint density at radius 1 is 1.32 bits per heavy atom. The molecular formula is C14H21N3O2. The van der Waals surface area contributed by atoms with Gasteiger partial charge in [0.1, 0.15) is 0 Å². The summed E-state index contributed by atoms with van der Waals surface area (Å²) >= 11 is 0. The highest BCUT2D eigenvalue weighted by Gasteiger charge is 2.35. The van der Waals surface area contributed by atoms with Crippen LogP contribution >= 0.6 is 0 Å². The van der Waals surface area contributed by atoms with Crippen molar-refractivity contribution in [3.8, 4) is 12.3 Å². The zero-order valence-electron chi connectivity index (χ0n) is 11.1. The third-order valence-corrected chi connectivity index (χ3v) is 3.75. The zero-order chi connectivity index (χ0) is 13.8. The van der Waals surface area contributed by atoms with Crippen LogP contribution in [-0.4, -0.2) is 41.9 Å². The van der Waals surface area contributed by atoms with Gasteiger partial charge in [-0.1, -0.05) is 0 Å². The number of carbonyl (C=O) groups excluding carboxylic acids is 2. The molecule has 1 saturated heterocycles. The molecule has 1 unspecified atom stereocenters. The standard InChI is InChI=1S/C14H21N3O2/c1-2-3-12(15)13(18)16-11-6-8-17(9-7-11)14(19)10-4-5-10/h1,10-12H,3-9,15H2,(H,16,18). The van der Waals surface area contributed by atoms with E-state index in [4.69, 9.17) is 12.2 Å². The molecule has 0 aromatic heterocycles. The van der Waals surface area contributed by atoms with Gasteiger partial charge in [0.15, 0.2) is 0 Å². The molecule has 0 bridgehead atoms. The van der Waals surface area contributed by atoms with Gasteiger partial charge in [-0.2, -0.15) is 0 Å². The minimum absolute atomic E-state index is 0.111. The summed E-state index contributed by atoms with van der Waals surface area (Å²) in [7, 11) is 0. The van der Waals surface area contributed by atoms with Gasteiger partial charge in [-0.25, -0.2) is 0 Å². The lowest BCUT2D eigenvalue weighted by atomic mass is 10.0. The fraction of sp³-hybridized carbons (Fsp3) is 0.714. The highest BCUT2D eigenvalue weighted by molar-refractivity contribution is 5.82. The van der Waals surface area contributed by atoms with Crippen molar-refractivity contribution >= 4 is 11.8 Å². The first-order chi connectivity index (χ1) is 9.11. The number of amides is 2. The van der Waals surface area contributed by atoms with Gasteiger partial charge in [-0.15, -0.1) is 12.3 Å². The number of rotatable bonds is 4. The molecule has 5 nitrogen and oxygen atoms in total. The molecule has 1 atom stereocenters. The Morgan fingerprint density at radius 3 is 2.47 bits per heavy atom. The molecule has 0 radical (unpaired) electrons. The van der Waals surface area contributed by atoms with Gasteiger partial charge in [0, 0.05) is 31.5 Å². The maximum atomic E-state index is 11.9. The van der Waals surface area contributed by atoms with Crippen molar-refractivity contribution < 1.29 is 9.59 Å². The van der Waals surface area contributed by atoms with Crippen LogP contribution in [0.15, 0.2) is 0 Å². The van der Waals surface area contributed by atoms with Gasteiger partial charge in [-0.3, -0.25) is 9.59 Å². The normalized spacial score (nSPS) is 21.6. The molecule has 1 aliphatic heterocycles. The van der Waals surface area contributed by atoms with Crippen LogP contribution in [0, 0.1) is 18.3 Å². The van der Waals surface area contributed by atoms with Gasteiger partial charge in [-0.05, 0) is 25.7 Å². The zero-order valence-corrected chi connectivity index (χ0v) is 11.1. The molecule has 0 aromatic rings. The molecule has 2 rings (SSSR count). The summed E-state index contributed by atoms with van der Waals surface area (Å²) in [6.45, 7) is 1.45. The number of carbonyl (C=O) groups is 2. The summed E-state index contributed by atoms with van der Waals surface area (Å²) < 4.78 is 0. The molecule has 3 N–H and O–H groups in total. The van der Waals surface area contributed by atoms with Crippen LogP contribution in [0.4, 0.5) is 0 Å². The maximum absolute atomic E-state index is 11.9. The molecule has 1 aliphatic carbocycles. The SMILES string of the molecule is C#CCC(N)C(=O)NC1CCN(C(=O)C2CC2)CC1. The topological polar surface area (TPSA) is 75.4 Å². The Balaban J connectivity index is 1.72. The Bertz CT molecular complexity index is 390. The fourth-order valence-electron chi connectivity index (χ4n) is 2.36. The number of nitrogens with zero attached hydrogens (tertiary/aromatic N) is 1. The third-order valence-electron chi connectivity index (χ3n) is 3.75. The Morgan fingerprint density at radius 2 is 1.95 bits per heavy atom. The van der Waals surface area contributed by atoms with E-state index in [0.717, 1.165) is 38.8 Å². The van der Waals surface area contributed by atoms with Crippen molar-refractivity contribution in [2.24, 2.45) is 11.7 Å². The van der Waals surface area contributed by atoms with E-state index in [1.54, 1.807) is 0 Å². The van der Waals surface area contributed by atoms with E-state index in [-0.39, 0.29) is 30.2 Å². The first-order valence-electron chi connectivity index (χ1n) is 6.90. The van der Waals surface area contributed by atoms with Gasteiger partial charge in [0.2, 0.25) is 11.8 Å². The van der Waals surface area contributed by atoms with Crippen LogP contribution in [0.2, 0.25) is 0 Å². The largest absolute Gasteiger partial charge is 0.352 e. The van der Waals surface area contributed by atoms with E-state index in [0.29, 0.717) is 0 Å². The summed E-state index contributed by atoms with van der Waals surface area (Å²) in [5, 5.41) is 2.91. The highest BCUT2D eigenvalue weighted by atomic mass is 16.2. The van der Waals surface area contributed by atoms with Crippen LogP contribution in [-0.2, 0) is 9.59 Å². The van der Waals surface area contributed by atoms with E-state index < -0.39 is 6.04 Å². The molecule has 2 fully saturated rings. The molecule has 19 heavy (non-hydrogen) atoms. The Kier molecular flexibility index (Phi) is 4.43. The summed E-state index contributed by atoms with van der Waals surface area (Å²) in [6.07, 6.45) is 9.06. The molecule has 2 aliphatic rings. The minimum Gasteiger partial charge on any atom is -0.352 e. The first kappa shape index (κ1) is 13.9. The second-order valence-electron chi connectivity index (χ2n) is 5.40. The lowest BCUT2D eigenvalue weighted by molar-refractivity contribution is -0.133. The number of hydrogen-bond donors (Lipinski definition) is 2. The number of nitrogens with one attached hydrogen (secondary N) is 1. The van der Waals surface area contributed by atoms with Crippen molar-refractivity contribution in [1.82, 2.24) is 10.2 Å². The van der Waals surface area contributed by atoms with E-state index in [9.17, 15) is 9.59 Å². The molecule has 2 amide bonds. The lowest BCUT2D eigenvalue weighted by Crippen LogP contribution is -2.50. The van der Waals surface area contributed by atoms with Crippen molar-refractivity contribution in [2.75, 3.05) is 13.1 Å². The van der Waals surface area contributed by atoms with E-state index in [1.807, 2.05) is 4.90 Å². The quantitative estimate of drug-likeness (QED) is 0.693. The van der Waals surface area contributed by atoms with Gasteiger partial charge >= 0.3 is 0 Å². The maximum Gasteiger partial charge on any atom is 0.238 e. The van der Waals surface area contributed by atoms with Crippen LogP contribution in [0.3, 0.4) is 0 Å². The Hall–Kier alpha value is -1.54. The fourth-order valence-corrected chi connectivity index (χ4v) is 2.36. The van der Waals surface area contributed by atoms with Crippen LogP contribution in [0.25, 0.3) is 0 Å². The predicted molar refractivity (Wildman–Crippen MR) is 71.9 cm³/mol. The van der Waals surface area contributed by atoms with Crippen molar-refractivity contribution in [2.45, 2.75) is 44.2 Å². The van der Waals surface area contributed by atoms with Crippen molar-refractivity contribution in [1.29, 1.82) is 0 Å². The minimum atomic E-state index is -0.629. The lowest BCUT2D eigenvalue weighted by Gasteiger charge is -2.33. The number of piperidine rings is 1. The number of likely N-dealkylation sites (tertiary alicyclic amines) is 1. The van der Waals surface area contributed by atoms with Gasteiger partial charge < -0.3 is 16.0 Å². The van der Waals surface area contributed by atoms with E-state index in [2.05, 4.69) is 11.2 Å². The van der Waals surface area contributed by atoms with Gasteiger partial charge in [0.05, 0.1) is 6.04 Å². The van der Waals surface area contributed by atoms with E-state index in [1.165, 1.54) is 0 Å². The molecule has 0 spiro atoms. The second kappa shape index (κ2) is 6.07. The molecule has 1 heterocycles. The summed E-state index contributed by atoms with van der Waals surface area (Å²) in [5.41, 5.74) is 5.65. The van der Waals surface area contributed by atoms with Crippen LogP contribution in [0.1, 0.15) is 32.1 Å². The summed E-state index contributed by atoms with van der Waals surface area (Å²) in [5.74, 6) is 2.76. The predicted octanol–water partition coefficient (Wildman–Crippen LogP) is -0.146. The van der Waals surface area contributed by atoms with Crippen molar-refractivity contribution in [3.63, 3.8) is 0 Å². The van der Waals surface area contributed by atoms with Crippen LogP contribution < -0.4 is 11.1 Å². The Labute approximate surface area is 113 Å². The monoisotopic (exact) mass is 263 g/mol. The van der Waals surface area contributed by atoms with Gasteiger partial charge in [0.25, 0.3) is 0 Å². The van der Waals surface area contributed by atoms with Crippen molar-refractivity contribution in [3.05, 3.63) is 0 Å².